The summed E-state index contributed by atoms with van der Waals surface area (Å²) >= 11 is 0. The molecule has 5 nitrogen and oxygen atoms in total. The Labute approximate surface area is 84.9 Å². The molecule has 1 rings (SSSR count). The van der Waals surface area contributed by atoms with E-state index in [-0.39, 0.29) is 18.8 Å². The van der Waals surface area contributed by atoms with Gasteiger partial charge in [-0.15, -0.1) is 0 Å². The van der Waals surface area contributed by atoms with Crippen LogP contribution in [0.15, 0.2) is 0 Å². The van der Waals surface area contributed by atoms with Crippen LogP contribution in [0.3, 0.4) is 0 Å². The quantitative estimate of drug-likeness (QED) is 0.565. The van der Waals surface area contributed by atoms with E-state index in [1.54, 1.807) is 0 Å². The van der Waals surface area contributed by atoms with Crippen molar-refractivity contribution in [2.24, 2.45) is 11.7 Å². The summed E-state index contributed by atoms with van der Waals surface area (Å²) in [5.41, 5.74) is 5.22. The van der Waals surface area contributed by atoms with Gasteiger partial charge in [-0.3, -0.25) is 0 Å². The third-order valence-corrected chi connectivity index (χ3v) is 2.02. The summed E-state index contributed by atoms with van der Waals surface area (Å²) in [4.78, 5) is 18.2. The minimum Gasteiger partial charge on any atom is -0.473 e. The lowest BCUT2D eigenvalue weighted by Gasteiger charge is -2.06. The number of hydrogen-bond donors (Lipinski definition) is 3. The molecule has 0 radical (unpaired) electrons. The first-order chi connectivity index (χ1) is 6.78. The van der Waals surface area contributed by atoms with Crippen LogP contribution < -0.4 is 5.73 Å². The highest BCUT2D eigenvalue weighted by atomic mass is 19.3. The van der Waals surface area contributed by atoms with E-state index in [1.807, 2.05) is 0 Å². The standard InChI is InChI=1S/C6H11F2N.C2H2O4/c7-6(8)2-1-5(3-6)4-9;3-1(4)2(5)6/h5H,1-4,9H2;(H,3,4)(H,5,6)/t5-;/m0./s1. The topological polar surface area (TPSA) is 101 Å². The number of carboxylic acids is 2. The maximum atomic E-state index is 12.3. The number of hydrogen-bond acceptors (Lipinski definition) is 3. The van der Waals surface area contributed by atoms with Gasteiger partial charge in [0.2, 0.25) is 5.92 Å². The van der Waals surface area contributed by atoms with Crippen molar-refractivity contribution in [2.75, 3.05) is 6.54 Å². The summed E-state index contributed by atoms with van der Waals surface area (Å²) in [5.74, 6) is -5.99. The molecule has 0 aliphatic heterocycles. The number of rotatable bonds is 1. The molecule has 0 aromatic rings. The predicted molar refractivity (Wildman–Crippen MR) is 46.6 cm³/mol. The van der Waals surface area contributed by atoms with Crippen LogP contribution in [-0.4, -0.2) is 34.6 Å². The lowest BCUT2D eigenvalue weighted by molar-refractivity contribution is -0.159. The summed E-state index contributed by atoms with van der Waals surface area (Å²) in [6, 6.07) is 0. The zero-order chi connectivity index (χ0) is 12.1. The number of alkyl halides is 2. The van der Waals surface area contributed by atoms with Gasteiger partial charge in [0.15, 0.2) is 0 Å². The largest absolute Gasteiger partial charge is 0.473 e. The van der Waals surface area contributed by atoms with Gasteiger partial charge in [-0.2, -0.15) is 0 Å². The molecule has 0 heterocycles. The van der Waals surface area contributed by atoms with Crippen LogP contribution in [0.1, 0.15) is 19.3 Å². The monoisotopic (exact) mass is 225 g/mol. The molecule has 1 saturated carbocycles. The van der Waals surface area contributed by atoms with Gasteiger partial charge >= 0.3 is 11.9 Å². The minimum atomic E-state index is -2.41. The number of nitrogens with two attached hydrogens (primary N) is 1. The Morgan fingerprint density at radius 1 is 1.33 bits per heavy atom. The molecule has 0 saturated heterocycles. The van der Waals surface area contributed by atoms with E-state index in [0.29, 0.717) is 13.0 Å². The van der Waals surface area contributed by atoms with Gasteiger partial charge in [-0.05, 0) is 18.9 Å². The molecule has 1 atom stereocenters. The highest BCUT2D eigenvalue weighted by Crippen LogP contribution is 2.37. The molecule has 1 aliphatic carbocycles. The van der Waals surface area contributed by atoms with E-state index >= 15 is 0 Å². The van der Waals surface area contributed by atoms with Gasteiger partial charge in [0.25, 0.3) is 0 Å². The molecule has 0 aromatic heterocycles. The zero-order valence-corrected chi connectivity index (χ0v) is 7.95. The smallest absolute Gasteiger partial charge is 0.414 e. The molecular weight excluding hydrogens is 212 g/mol. The van der Waals surface area contributed by atoms with E-state index in [2.05, 4.69) is 0 Å². The summed E-state index contributed by atoms with van der Waals surface area (Å²) < 4.78 is 24.7. The molecule has 7 heteroatoms. The molecule has 0 spiro atoms. The van der Waals surface area contributed by atoms with Gasteiger partial charge in [0.05, 0.1) is 0 Å². The number of aliphatic carboxylic acids is 2. The van der Waals surface area contributed by atoms with Gasteiger partial charge in [0.1, 0.15) is 0 Å². The number of carbonyl (C=O) groups is 2. The summed E-state index contributed by atoms with van der Waals surface area (Å²) in [5, 5.41) is 14.8. The highest BCUT2D eigenvalue weighted by molar-refractivity contribution is 6.27. The first-order valence-electron chi connectivity index (χ1n) is 4.32. The summed E-state index contributed by atoms with van der Waals surface area (Å²) in [7, 11) is 0. The minimum absolute atomic E-state index is 0.00347. The van der Waals surface area contributed by atoms with Crippen molar-refractivity contribution < 1.29 is 28.6 Å². The fourth-order valence-electron chi connectivity index (χ4n) is 1.24. The SMILES string of the molecule is NC[C@H]1CCC(F)(F)C1.O=C(O)C(=O)O. The van der Waals surface area contributed by atoms with Crippen molar-refractivity contribution >= 4 is 11.9 Å². The van der Waals surface area contributed by atoms with E-state index in [1.165, 1.54) is 0 Å². The Kier molecular flexibility index (Phi) is 5.13. The highest BCUT2D eigenvalue weighted by Gasteiger charge is 2.38. The molecule has 0 bridgehead atoms. The van der Waals surface area contributed by atoms with E-state index < -0.39 is 17.9 Å². The predicted octanol–water partition coefficient (Wildman–Crippen LogP) is 0.536. The van der Waals surface area contributed by atoms with Gasteiger partial charge < -0.3 is 15.9 Å². The molecule has 0 amide bonds. The molecule has 1 aliphatic rings. The van der Waals surface area contributed by atoms with Crippen LogP contribution in [0.2, 0.25) is 0 Å². The first-order valence-corrected chi connectivity index (χ1v) is 4.32. The average molecular weight is 225 g/mol. The van der Waals surface area contributed by atoms with Crippen molar-refractivity contribution in [1.29, 1.82) is 0 Å². The van der Waals surface area contributed by atoms with Gasteiger partial charge in [-0.25, -0.2) is 18.4 Å². The molecule has 1 fully saturated rings. The number of carboxylic acid groups (broad SMARTS) is 2. The van der Waals surface area contributed by atoms with Crippen molar-refractivity contribution in [3.63, 3.8) is 0 Å². The Hall–Kier alpha value is -1.24. The van der Waals surface area contributed by atoms with Crippen molar-refractivity contribution in [1.82, 2.24) is 0 Å². The maximum Gasteiger partial charge on any atom is 0.414 e. The first kappa shape index (κ1) is 13.8. The number of halogens is 2. The van der Waals surface area contributed by atoms with Crippen LogP contribution >= 0.6 is 0 Å². The second kappa shape index (κ2) is 5.59. The Bertz CT molecular complexity index is 233. The third kappa shape index (κ3) is 5.95. The lowest BCUT2D eigenvalue weighted by Crippen LogP contribution is -2.14. The lowest BCUT2D eigenvalue weighted by atomic mass is 10.1. The van der Waals surface area contributed by atoms with Crippen LogP contribution in [0, 0.1) is 5.92 Å². The molecule has 15 heavy (non-hydrogen) atoms. The second-order valence-corrected chi connectivity index (χ2v) is 3.31. The van der Waals surface area contributed by atoms with Crippen molar-refractivity contribution in [3.8, 4) is 0 Å². The molecular formula is C8H13F2NO4. The average Bonchev–Trinajstić information content (AvgIpc) is 2.46. The second-order valence-electron chi connectivity index (χ2n) is 3.31. The summed E-state index contributed by atoms with van der Waals surface area (Å²) in [6.45, 7) is 0.412. The molecule has 88 valence electrons. The van der Waals surface area contributed by atoms with Crippen LogP contribution in [-0.2, 0) is 9.59 Å². The Morgan fingerprint density at radius 3 is 1.93 bits per heavy atom. The van der Waals surface area contributed by atoms with Crippen molar-refractivity contribution in [3.05, 3.63) is 0 Å². The van der Waals surface area contributed by atoms with E-state index in [4.69, 9.17) is 25.5 Å². The molecule has 4 N–H and O–H groups in total. The Morgan fingerprint density at radius 2 is 1.80 bits per heavy atom. The molecule has 0 aromatic carbocycles. The normalized spacial score (nSPS) is 22.7. The fourth-order valence-corrected chi connectivity index (χ4v) is 1.24. The summed E-state index contributed by atoms with van der Waals surface area (Å²) in [6.07, 6.45) is 0.641. The van der Waals surface area contributed by atoms with Gasteiger partial charge in [-0.1, -0.05) is 0 Å². The molecule has 0 unspecified atom stereocenters. The van der Waals surface area contributed by atoms with Crippen LogP contribution in [0.4, 0.5) is 8.78 Å². The van der Waals surface area contributed by atoms with E-state index in [9.17, 15) is 8.78 Å². The fraction of sp³-hybridized carbons (Fsp3) is 0.750. The maximum absolute atomic E-state index is 12.3. The van der Waals surface area contributed by atoms with Crippen LogP contribution in [0.5, 0.6) is 0 Å². The van der Waals surface area contributed by atoms with E-state index in [0.717, 1.165) is 0 Å². The van der Waals surface area contributed by atoms with Crippen LogP contribution in [0.25, 0.3) is 0 Å². The Balaban J connectivity index is 0.000000288. The third-order valence-electron chi connectivity index (χ3n) is 2.02. The van der Waals surface area contributed by atoms with Crippen molar-refractivity contribution in [2.45, 2.75) is 25.2 Å². The zero-order valence-electron chi connectivity index (χ0n) is 7.95. The van der Waals surface area contributed by atoms with Gasteiger partial charge in [0, 0.05) is 12.8 Å².